The van der Waals surface area contributed by atoms with Crippen molar-refractivity contribution in [2.75, 3.05) is 7.11 Å². The predicted octanol–water partition coefficient (Wildman–Crippen LogP) is 2.59. The molecule has 0 fully saturated rings. The van der Waals surface area contributed by atoms with E-state index in [9.17, 15) is 4.79 Å². The largest absolute Gasteiger partial charge is 0.497 e. The fourth-order valence-corrected chi connectivity index (χ4v) is 3.20. The van der Waals surface area contributed by atoms with E-state index >= 15 is 0 Å². The van der Waals surface area contributed by atoms with E-state index in [1.165, 1.54) is 6.39 Å². The summed E-state index contributed by atoms with van der Waals surface area (Å²) in [5, 5.41) is 0. The molecule has 25 heavy (non-hydrogen) atoms. The first-order chi connectivity index (χ1) is 12.2. The van der Waals surface area contributed by atoms with Crippen molar-refractivity contribution >= 4 is 5.91 Å². The van der Waals surface area contributed by atoms with Crippen LogP contribution in [0.2, 0.25) is 0 Å². The van der Waals surface area contributed by atoms with Gasteiger partial charge in [-0.2, -0.15) is 0 Å². The number of fused-ring (bicyclic) bond motifs is 1. The average molecular weight is 338 g/mol. The summed E-state index contributed by atoms with van der Waals surface area (Å²) < 4.78 is 12.6. The predicted molar refractivity (Wildman–Crippen MR) is 89.1 cm³/mol. The number of amides is 1. The van der Waals surface area contributed by atoms with E-state index in [1.54, 1.807) is 25.1 Å². The summed E-state index contributed by atoms with van der Waals surface area (Å²) in [6.45, 7) is 2.79. The molecule has 0 aliphatic carbocycles. The van der Waals surface area contributed by atoms with Crippen molar-refractivity contribution < 1.29 is 13.9 Å². The number of carbonyl (C=O) groups excluding carboxylic acids is 1. The summed E-state index contributed by atoms with van der Waals surface area (Å²) in [5.41, 5.74) is 1.35. The van der Waals surface area contributed by atoms with Gasteiger partial charge in [0, 0.05) is 18.9 Å². The summed E-state index contributed by atoms with van der Waals surface area (Å²) >= 11 is 0. The number of hydrogen-bond donors (Lipinski definition) is 0. The molecule has 1 atom stereocenters. The molecule has 4 rings (SSSR count). The average Bonchev–Trinajstić information content (AvgIpc) is 3.28. The number of aryl methyl sites for hydroxylation is 1. The van der Waals surface area contributed by atoms with Crippen molar-refractivity contribution in [1.29, 1.82) is 0 Å². The van der Waals surface area contributed by atoms with Gasteiger partial charge in [-0.25, -0.2) is 9.97 Å². The highest BCUT2D eigenvalue weighted by Gasteiger charge is 2.34. The topological polar surface area (TPSA) is 73.4 Å². The second-order valence-electron chi connectivity index (χ2n) is 5.98. The maximum absolute atomic E-state index is 13.1. The Labute approximate surface area is 144 Å². The highest BCUT2D eigenvalue weighted by molar-refractivity contribution is 5.93. The Morgan fingerprint density at radius 2 is 2.24 bits per heavy atom. The van der Waals surface area contributed by atoms with Gasteiger partial charge < -0.3 is 18.6 Å². The quantitative estimate of drug-likeness (QED) is 0.734. The summed E-state index contributed by atoms with van der Waals surface area (Å²) in [7, 11) is 1.63. The van der Waals surface area contributed by atoms with Crippen molar-refractivity contribution in [3.05, 3.63) is 65.9 Å². The molecule has 1 aliphatic rings. The van der Waals surface area contributed by atoms with Crippen molar-refractivity contribution in [2.24, 2.45) is 0 Å². The molecule has 3 heterocycles. The molecule has 0 saturated heterocycles. The van der Waals surface area contributed by atoms with Crippen LogP contribution in [0.1, 0.15) is 33.7 Å². The maximum atomic E-state index is 13.1. The van der Waals surface area contributed by atoms with Gasteiger partial charge in [-0.3, -0.25) is 4.79 Å². The number of imidazole rings is 1. The summed E-state index contributed by atoms with van der Waals surface area (Å²) in [6.07, 6.45) is 4.99. The van der Waals surface area contributed by atoms with Crippen LogP contribution in [0.4, 0.5) is 0 Å². The molecule has 3 aromatic rings. The molecule has 7 nitrogen and oxygen atoms in total. The fraction of sp³-hybridized carbons (Fsp3) is 0.278. The number of ether oxygens (including phenoxy) is 1. The van der Waals surface area contributed by atoms with Crippen LogP contribution in [0, 0.1) is 6.92 Å². The summed E-state index contributed by atoms with van der Waals surface area (Å²) in [5.74, 6) is 1.98. The molecule has 1 aliphatic heterocycles. The Hall–Kier alpha value is -3.09. The van der Waals surface area contributed by atoms with Crippen molar-refractivity contribution in [3.63, 3.8) is 0 Å². The van der Waals surface area contributed by atoms with Crippen molar-refractivity contribution in [1.82, 2.24) is 19.4 Å². The molecule has 7 heteroatoms. The monoisotopic (exact) mass is 338 g/mol. The Morgan fingerprint density at radius 1 is 1.36 bits per heavy atom. The van der Waals surface area contributed by atoms with Crippen molar-refractivity contribution in [2.45, 2.75) is 26.1 Å². The van der Waals surface area contributed by atoms with E-state index < -0.39 is 0 Å². The van der Waals surface area contributed by atoms with Gasteiger partial charge >= 0.3 is 0 Å². The van der Waals surface area contributed by atoms with Gasteiger partial charge in [0.1, 0.15) is 17.3 Å². The van der Waals surface area contributed by atoms with E-state index in [4.69, 9.17) is 9.15 Å². The van der Waals surface area contributed by atoms with Gasteiger partial charge in [-0.1, -0.05) is 12.1 Å². The Bertz CT molecular complexity index is 914. The lowest BCUT2D eigenvalue weighted by Crippen LogP contribution is -2.41. The molecule has 0 saturated carbocycles. The molecular formula is C18H18N4O3. The van der Waals surface area contributed by atoms with Crippen LogP contribution in [0.5, 0.6) is 5.75 Å². The minimum absolute atomic E-state index is 0.139. The van der Waals surface area contributed by atoms with E-state index in [0.717, 1.165) is 17.1 Å². The summed E-state index contributed by atoms with van der Waals surface area (Å²) in [4.78, 5) is 23.3. The number of nitrogens with zero attached hydrogens (tertiary/aromatic N) is 4. The van der Waals surface area contributed by atoms with Crippen LogP contribution in [0.15, 0.2) is 47.5 Å². The smallest absolute Gasteiger partial charge is 0.277 e. The number of rotatable bonds is 3. The van der Waals surface area contributed by atoms with Gasteiger partial charge in [0.25, 0.3) is 5.91 Å². The number of carbonyl (C=O) groups is 1. The van der Waals surface area contributed by atoms with Crippen LogP contribution >= 0.6 is 0 Å². The number of oxazole rings is 1. The van der Waals surface area contributed by atoms with Gasteiger partial charge in [-0.15, -0.1) is 0 Å². The van der Waals surface area contributed by atoms with E-state index in [0.29, 0.717) is 24.5 Å². The lowest BCUT2D eigenvalue weighted by Gasteiger charge is -2.36. The summed E-state index contributed by atoms with van der Waals surface area (Å²) in [6, 6.07) is 7.65. The Balaban J connectivity index is 1.76. The standard InChI is InChI=1S/C18H18N4O3/c1-12-17(20-11-25-12)18(23)22-10-16-19-6-7-21(16)9-15(22)13-4-3-5-14(8-13)24-2/h3-8,11,15H,9-10H2,1-2H3. The van der Waals surface area contributed by atoms with Crippen LogP contribution in [-0.2, 0) is 13.1 Å². The van der Waals surface area contributed by atoms with Crippen LogP contribution in [0.25, 0.3) is 0 Å². The van der Waals surface area contributed by atoms with E-state index in [1.807, 2.05) is 30.5 Å². The Morgan fingerprint density at radius 3 is 3.00 bits per heavy atom. The highest BCUT2D eigenvalue weighted by Crippen LogP contribution is 2.32. The maximum Gasteiger partial charge on any atom is 0.277 e. The van der Waals surface area contributed by atoms with Gasteiger partial charge in [0.15, 0.2) is 12.1 Å². The number of benzene rings is 1. The zero-order valence-corrected chi connectivity index (χ0v) is 14.0. The first-order valence-corrected chi connectivity index (χ1v) is 8.02. The lowest BCUT2D eigenvalue weighted by molar-refractivity contribution is 0.0577. The van der Waals surface area contributed by atoms with Gasteiger partial charge in [0.05, 0.1) is 19.7 Å². The molecule has 1 unspecified atom stereocenters. The molecule has 0 radical (unpaired) electrons. The van der Waals surface area contributed by atoms with Gasteiger partial charge in [0.2, 0.25) is 0 Å². The highest BCUT2D eigenvalue weighted by atomic mass is 16.5. The van der Waals surface area contributed by atoms with Crippen molar-refractivity contribution in [3.8, 4) is 5.75 Å². The van der Waals surface area contributed by atoms with Crippen LogP contribution < -0.4 is 4.74 Å². The van der Waals surface area contributed by atoms with E-state index in [2.05, 4.69) is 14.5 Å². The van der Waals surface area contributed by atoms with E-state index in [-0.39, 0.29) is 11.9 Å². The molecular weight excluding hydrogens is 320 g/mol. The normalized spacial score (nSPS) is 16.6. The third-order valence-corrected chi connectivity index (χ3v) is 4.55. The van der Waals surface area contributed by atoms with Crippen LogP contribution in [-0.4, -0.2) is 32.5 Å². The lowest BCUT2D eigenvalue weighted by atomic mass is 10.0. The third kappa shape index (κ3) is 2.67. The van der Waals surface area contributed by atoms with Gasteiger partial charge in [-0.05, 0) is 24.6 Å². The number of hydrogen-bond acceptors (Lipinski definition) is 5. The second-order valence-corrected chi connectivity index (χ2v) is 5.98. The minimum atomic E-state index is -0.159. The zero-order chi connectivity index (χ0) is 17.4. The SMILES string of the molecule is COc1cccc(C2Cn3ccnc3CN2C(=O)c2ncoc2C)c1. The second kappa shape index (κ2) is 6.08. The third-order valence-electron chi connectivity index (χ3n) is 4.55. The number of methoxy groups -OCH3 is 1. The minimum Gasteiger partial charge on any atom is -0.497 e. The Kier molecular flexibility index (Phi) is 3.76. The fourth-order valence-electron chi connectivity index (χ4n) is 3.20. The molecule has 128 valence electrons. The molecule has 0 spiro atoms. The molecule has 2 aromatic heterocycles. The van der Waals surface area contributed by atoms with Crippen LogP contribution in [0.3, 0.4) is 0 Å². The number of aromatic nitrogens is 3. The first-order valence-electron chi connectivity index (χ1n) is 8.02. The molecule has 1 aromatic carbocycles. The molecule has 1 amide bonds. The zero-order valence-electron chi connectivity index (χ0n) is 14.0. The first kappa shape index (κ1) is 15.4. The molecule has 0 N–H and O–H groups in total. The molecule has 0 bridgehead atoms.